The van der Waals surface area contributed by atoms with Gasteiger partial charge in [0.2, 0.25) is 0 Å². The highest BCUT2D eigenvalue weighted by atomic mass is 32.2. The molecule has 0 amide bonds. The van der Waals surface area contributed by atoms with Crippen LogP contribution in [0.1, 0.15) is 12.8 Å². The molecular formula is C13H15N3O2S. The zero-order valence-electron chi connectivity index (χ0n) is 10.4. The Balaban J connectivity index is 1.93. The largest absolute Gasteiger partial charge is 0.266 e. The first-order valence-electron chi connectivity index (χ1n) is 6.29. The van der Waals surface area contributed by atoms with Gasteiger partial charge in [0.1, 0.15) is 0 Å². The lowest BCUT2D eigenvalue weighted by molar-refractivity contribution is 0.474. The van der Waals surface area contributed by atoms with E-state index in [0.717, 1.165) is 18.4 Å². The topological polar surface area (TPSA) is 66.1 Å². The zero-order chi connectivity index (χ0) is 13.3. The van der Waals surface area contributed by atoms with E-state index in [4.69, 9.17) is 0 Å². The summed E-state index contributed by atoms with van der Waals surface area (Å²) in [5, 5.41) is 6.91. The lowest BCUT2D eigenvalue weighted by Gasteiger charge is -2.13. The minimum absolute atomic E-state index is 0.174. The number of hydrogen-bond acceptors (Lipinski definition) is 3. The first kappa shape index (κ1) is 12.4. The van der Waals surface area contributed by atoms with Gasteiger partial charge in [0.05, 0.1) is 5.69 Å². The van der Waals surface area contributed by atoms with Crippen LogP contribution in [0, 0.1) is 0 Å². The monoisotopic (exact) mass is 277 g/mol. The molecule has 2 aromatic rings. The maximum atomic E-state index is 12.3. The molecule has 19 heavy (non-hydrogen) atoms. The summed E-state index contributed by atoms with van der Waals surface area (Å²) in [6.45, 7) is 1.20. The van der Waals surface area contributed by atoms with E-state index in [1.807, 2.05) is 30.3 Å². The Morgan fingerprint density at radius 2 is 1.79 bits per heavy atom. The summed E-state index contributed by atoms with van der Waals surface area (Å²) in [6.07, 6.45) is 1.86. The summed E-state index contributed by atoms with van der Waals surface area (Å²) in [4.78, 5) is 0. The van der Waals surface area contributed by atoms with Gasteiger partial charge in [0.15, 0.2) is 5.03 Å². The number of H-pyrrole nitrogens is 1. The molecule has 0 atom stereocenters. The first-order valence-corrected chi connectivity index (χ1v) is 7.73. The molecule has 6 heteroatoms. The van der Waals surface area contributed by atoms with Crippen LogP contribution < -0.4 is 0 Å². The number of hydrogen-bond donors (Lipinski definition) is 1. The van der Waals surface area contributed by atoms with Crippen LogP contribution in [0.2, 0.25) is 0 Å². The molecule has 1 aromatic heterocycles. The van der Waals surface area contributed by atoms with Gasteiger partial charge in [-0.1, -0.05) is 30.3 Å². The molecule has 0 radical (unpaired) electrons. The van der Waals surface area contributed by atoms with Gasteiger partial charge in [-0.15, -0.1) is 0 Å². The third-order valence-electron chi connectivity index (χ3n) is 3.31. The Hall–Kier alpha value is -1.66. The van der Waals surface area contributed by atoms with Gasteiger partial charge in [-0.25, -0.2) is 8.42 Å². The Morgan fingerprint density at radius 1 is 1.11 bits per heavy atom. The molecule has 3 rings (SSSR count). The second kappa shape index (κ2) is 4.79. The fraction of sp³-hybridized carbons (Fsp3) is 0.308. The van der Waals surface area contributed by atoms with Gasteiger partial charge < -0.3 is 0 Å². The first-order chi connectivity index (χ1) is 9.18. The smallest absolute Gasteiger partial charge is 0.259 e. The molecule has 1 aromatic carbocycles. The molecule has 0 aliphatic carbocycles. The minimum Gasteiger partial charge on any atom is -0.266 e. The Bertz CT molecular complexity index is 658. The average Bonchev–Trinajstić information content (AvgIpc) is 3.12. The van der Waals surface area contributed by atoms with Crippen LogP contribution in [0.15, 0.2) is 41.4 Å². The predicted molar refractivity (Wildman–Crippen MR) is 72.0 cm³/mol. The summed E-state index contributed by atoms with van der Waals surface area (Å²) >= 11 is 0. The number of sulfonamides is 1. The molecular weight excluding hydrogens is 262 g/mol. The highest BCUT2D eigenvalue weighted by Crippen LogP contribution is 2.23. The highest BCUT2D eigenvalue weighted by Gasteiger charge is 2.28. The predicted octanol–water partition coefficient (Wildman–Crippen LogP) is 1.86. The Labute approximate surface area is 112 Å². The Kier molecular flexibility index (Phi) is 3.12. The fourth-order valence-corrected chi connectivity index (χ4v) is 3.70. The number of nitrogens with one attached hydrogen (secondary N) is 1. The van der Waals surface area contributed by atoms with E-state index in [2.05, 4.69) is 10.2 Å². The van der Waals surface area contributed by atoms with Crippen molar-refractivity contribution in [2.24, 2.45) is 0 Å². The van der Waals surface area contributed by atoms with Gasteiger partial charge >= 0.3 is 0 Å². The third kappa shape index (κ3) is 2.29. The maximum Gasteiger partial charge on any atom is 0.259 e. The fourth-order valence-electron chi connectivity index (χ4n) is 2.26. The molecule has 0 saturated carbocycles. The molecule has 1 N–H and O–H groups in total. The van der Waals surface area contributed by atoms with Crippen molar-refractivity contribution in [3.05, 3.63) is 36.4 Å². The van der Waals surface area contributed by atoms with E-state index in [0.29, 0.717) is 18.8 Å². The number of aromatic amines is 1. The quantitative estimate of drug-likeness (QED) is 0.931. The molecule has 0 unspecified atom stereocenters. The molecule has 1 aliphatic heterocycles. The van der Waals surface area contributed by atoms with Crippen molar-refractivity contribution in [2.75, 3.05) is 13.1 Å². The Morgan fingerprint density at radius 3 is 2.47 bits per heavy atom. The molecule has 1 fully saturated rings. The average molecular weight is 277 g/mol. The molecule has 100 valence electrons. The summed E-state index contributed by atoms with van der Waals surface area (Å²) in [5.41, 5.74) is 1.56. The SMILES string of the molecule is O=S(=O)(c1cc(-c2ccccc2)n[nH]1)N1CCCC1. The van der Waals surface area contributed by atoms with Crippen molar-refractivity contribution in [3.63, 3.8) is 0 Å². The summed E-state index contributed by atoms with van der Waals surface area (Å²) in [6, 6.07) is 11.1. The van der Waals surface area contributed by atoms with Crippen LogP contribution in [0.25, 0.3) is 11.3 Å². The lowest BCUT2D eigenvalue weighted by atomic mass is 10.2. The van der Waals surface area contributed by atoms with Crippen LogP contribution in [-0.4, -0.2) is 36.0 Å². The number of rotatable bonds is 3. The van der Waals surface area contributed by atoms with Gasteiger partial charge in [0.25, 0.3) is 10.0 Å². The number of benzene rings is 1. The van der Waals surface area contributed by atoms with Crippen LogP contribution >= 0.6 is 0 Å². The molecule has 0 bridgehead atoms. The molecule has 0 spiro atoms. The lowest BCUT2D eigenvalue weighted by Crippen LogP contribution is -2.28. The normalized spacial score (nSPS) is 16.8. The van der Waals surface area contributed by atoms with Crippen LogP contribution in [0.4, 0.5) is 0 Å². The van der Waals surface area contributed by atoms with E-state index in [-0.39, 0.29) is 5.03 Å². The third-order valence-corrected chi connectivity index (χ3v) is 5.12. The van der Waals surface area contributed by atoms with Crippen molar-refractivity contribution in [2.45, 2.75) is 17.9 Å². The molecule has 1 saturated heterocycles. The number of aromatic nitrogens is 2. The summed E-state index contributed by atoms with van der Waals surface area (Å²) in [5.74, 6) is 0. The maximum absolute atomic E-state index is 12.3. The summed E-state index contributed by atoms with van der Waals surface area (Å²) in [7, 11) is -3.41. The second-order valence-corrected chi connectivity index (χ2v) is 6.50. The van der Waals surface area contributed by atoms with Gasteiger partial charge in [-0.05, 0) is 12.8 Å². The second-order valence-electron chi connectivity index (χ2n) is 4.59. The standard InChI is InChI=1S/C13H15N3O2S/c17-19(18,16-8-4-5-9-16)13-10-12(14-15-13)11-6-2-1-3-7-11/h1-3,6-7,10H,4-5,8-9H2,(H,14,15). The minimum atomic E-state index is -3.41. The van der Waals surface area contributed by atoms with Crippen molar-refractivity contribution >= 4 is 10.0 Å². The van der Waals surface area contributed by atoms with E-state index in [1.165, 1.54) is 4.31 Å². The van der Waals surface area contributed by atoms with Gasteiger partial charge in [0, 0.05) is 24.7 Å². The van der Waals surface area contributed by atoms with Crippen molar-refractivity contribution in [1.82, 2.24) is 14.5 Å². The van der Waals surface area contributed by atoms with Crippen LogP contribution in [-0.2, 0) is 10.0 Å². The van der Waals surface area contributed by atoms with Gasteiger partial charge in [-0.2, -0.15) is 9.40 Å². The highest BCUT2D eigenvalue weighted by molar-refractivity contribution is 7.89. The molecule has 2 heterocycles. The van der Waals surface area contributed by atoms with Crippen molar-refractivity contribution < 1.29 is 8.42 Å². The van der Waals surface area contributed by atoms with E-state index >= 15 is 0 Å². The molecule has 1 aliphatic rings. The van der Waals surface area contributed by atoms with E-state index in [1.54, 1.807) is 6.07 Å². The van der Waals surface area contributed by atoms with Crippen LogP contribution in [0.5, 0.6) is 0 Å². The van der Waals surface area contributed by atoms with Crippen LogP contribution in [0.3, 0.4) is 0 Å². The molecule has 5 nitrogen and oxygen atoms in total. The van der Waals surface area contributed by atoms with Crippen molar-refractivity contribution in [1.29, 1.82) is 0 Å². The van der Waals surface area contributed by atoms with E-state index < -0.39 is 10.0 Å². The van der Waals surface area contributed by atoms with Gasteiger partial charge in [-0.3, -0.25) is 5.10 Å². The van der Waals surface area contributed by atoms with Crippen molar-refractivity contribution in [3.8, 4) is 11.3 Å². The van der Waals surface area contributed by atoms with E-state index in [9.17, 15) is 8.42 Å². The summed E-state index contributed by atoms with van der Waals surface area (Å²) < 4.78 is 26.2. The number of nitrogens with zero attached hydrogens (tertiary/aromatic N) is 2. The zero-order valence-corrected chi connectivity index (χ0v) is 11.2.